The number of anilines is 2. The Morgan fingerprint density at radius 1 is 0.960 bits per heavy atom. The topological polar surface area (TPSA) is 58.2 Å². The van der Waals surface area contributed by atoms with Gasteiger partial charge in [0.15, 0.2) is 0 Å². The van der Waals surface area contributed by atoms with Gasteiger partial charge in [0.2, 0.25) is 11.8 Å². The van der Waals surface area contributed by atoms with E-state index in [2.05, 4.69) is 10.6 Å². The number of hydrogen-bond acceptors (Lipinski definition) is 2. The van der Waals surface area contributed by atoms with Gasteiger partial charge in [0.05, 0.1) is 27.6 Å². The number of amides is 2. The molecule has 4 nitrogen and oxygen atoms in total. The van der Waals surface area contributed by atoms with Crippen LogP contribution in [0.3, 0.4) is 0 Å². The highest BCUT2D eigenvalue weighted by Gasteiger charge is 2.48. The van der Waals surface area contributed by atoms with Crippen molar-refractivity contribution in [1.82, 2.24) is 0 Å². The maximum atomic E-state index is 12.4. The van der Waals surface area contributed by atoms with Crippen LogP contribution >= 0.6 is 23.2 Å². The highest BCUT2D eigenvalue weighted by atomic mass is 35.5. The van der Waals surface area contributed by atoms with E-state index < -0.39 is 0 Å². The second kappa shape index (κ2) is 7.06. The Kier molecular flexibility index (Phi) is 5.02. The van der Waals surface area contributed by atoms with E-state index in [1.165, 1.54) is 0 Å². The summed E-state index contributed by atoms with van der Waals surface area (Å²) in [5, 5.41) is 6.32. The van der Waals surface area contributed by atoms with Crippen molar-refractivity contribution in [1.29, 1.82) is 0 Å². The van der Waals surface area contributed by atoms with Gasteiger partial charge in [-0.05, 0) is 44.0 Å². The monoisotopic (exact) mass is 376 g/mol. The number of benzene rings is 2. The lowest BCUT2D eigenvalue weighted by atomic mass is 10.1. The van der Waals surface area contributed by atoms with Gasteiger partial charge in [-0.1, -0.05) is 47.0 Å². The number of rotatable bonds is 4. The summed E-state index contributed by atoms with van der Waals surface area (Å²) in [5.41, 5.74) is 3.37. The summed E-state index contributed by atoms with van der Waals surface area (Å²) in [6, 6.07) is 10.9. The van der Waals surface area contributed by atoms with Crippen LogP contribution < -0.4 is 10.6 Å². The standard InChI is InChI=1S/C19H18Cl2N2O2/c1-10-6-7-15(11(2)8-10)22-18(24)12-9-13(12)19(25)23-16-5-3-4-14(20)17(16)21/h3-8,12-13H,9H2,1-2H3,(H,22,24)(H,23,25). The Balaban J connectivity index is 1.61. The molecule has 0 aromatic heterocycles. The van der Waals surface area contributed by atoms with E-state index in [1.807, 2.05) is 32.0 Å². The fraction of sp³-hybridized carbons (Fsp3) is 0.263. The van der Waals surface area contributed by atoms with E-state index in [4.69, 9.17) is 23.2 Å². The third kappa shape index (κ3) is 3.97. The van der Waals surface area contributed by atoms with Crippen LogP contribution in [-0.2, 0) is 9.59 Å². The molecule has 0 aliphatic heterocycles. The number of halogens is 2. The van der Waals surface area contributed by atoms with Gasteiger partial charge in [0, 0.05) is 5.69 Å². The van der Waals surface area contributed by atoms with E-state index in [9.17, 15) is 9.59 Å². The quantitative estimate of drug-likeness (QED) is 0.802. The van der Waals surface area contributed by atoms with Gasteiger partial charge >= 0.3 is 0 Å². The molecular formula is C19H18Cl2N2O2. The van der Waals surface area contributed by atoms with Crippen LogP contribution in [0.15, 0.2) is 36.4 Å². The summed E-state index contributed by atoms with van der Waals surface area (Å²) in [4.78, 5) is 24.7. The number of carbonyl (C=O) groups excluding carboxylic acids is 2. The normalized spacial score (nSPS) is 18.6. The van der Waals surface area contributed by atoms with Crippen molar-refractivity contribution in [2.75, 3.05) is 10.6 Å². The summed E-state index contributed by atoms with van der Waals surface area (Å²) in [6.07, 6.45) is 0.529. The van der Waals surface area contributed by atoms with Gasteiger partial charge < -0.3 is 10.6 Å². The molecule has 25 heavy (non-hydrogen) atoms. The van der Waals surface area contributed by atoms with Crippen LogP contribution in [0, 0.1) is 25.7 Å². The van der Waals surface area contributed by atoms with Crippen molar-refractivity contribution in [2.24, 2.45) is 11.8 Å². The molecule has 0 bridgehead atoms. The molecule has 0 spiro atoms. The van der Waals surface area contributed by atoms with Gasteiger partial charge in [0.1, 0.15) is 0 Å². The van der Waals surface area contributed by atoms with Crippen LogP contribution in [0.4, 0.5) is 11.4 Å². The molecular weight excluding hydrogens is 359 g/mol. The predicted molar refractivity (Wildman–Crippen MR) is 101 cm³/mol. The van der Waals surface area contributed by atoms with E-state index in [0.717, 1.165) is 16.8 Å². The summed E-state index contributed by atoms with van der Waals surface area (Å²) in [5.74, 6) is -1.02. The molecule has 1 fully saturated rings. The fourth-order valence-corrected chi connectivity index (χ4v) is 3.13. The van der Waals surface area contributed by atoms with Gasteiger partial charge in [-0.25, -0.2) is 0 Å². The third-order valence-corrected chi connectivity index (χ3v) is 5.13. The first-order chi connectivity index (χ1) is 11.9. The second-order valence-corrected chi connectivity index (χ2v) is 7.13. The van der Waals surface area contributed by atoms with Gasteiger partial charge in [0.25, 0.3) is 0 Å². The Bertz CT molecular complexity index is 851. The maximum Gasteiger partial charge on any atom is 0.228 e. The van der Waals surface area contributed by atoms with E-state index in [0.29, 0.717) is 22.2 Å². The Labute approximate surface area is 156 Å². The van der Waals surface area contributed by atoms with Crippen LogP contribution in [0.2, 0.25) is 10.0 Å². The Morgan fingerprint density at radius 3 is 2.24 bits per heavy atom. The minimum absolute atomic E-state index is 0.135. The van der Waals surface area contributed by atoms with Crippen molar-refractivity contribution in [3.63, 3.8) is 0 Å². The average Bonchev–Trinajstić information content (AvgIpc) is 3.35. The molecule has 2 amide bonds. The van der Waals surface area contributed by atoms with Crippen molar-refractivity contribution in [2.45, 2.75) is 20.3 Å². The molecule has 2 unspecified atom stereocenters. The number of carbonyl (C=O) groups is 2. The zero-order valence-corrected chi connectivity index (χ0v) is 15.4. The van der Waals surface area contributed by atoms with Crippen molar-refractivity contribution >= 4 is 46.4 Å². The molecule has 0 saturated heterocycles. The lowest BCUT2D eigenvalue weighted by molar-refractivity contribution is -0.122. The highest BCUT2D eigenvalue weighted by molar-refractivity contribution is 6.44. The van der Waals surface area contributed by atoms with Crippen molar-refractivity contribution in [3.05, 3.63) is 57.6 Å². The van der Waals surface area contributed by atoms with Crippen LogP contribution in [0.1, 0.15) is 17.5 Å². The Morgan fingerprint density at radius 2 is 1.60 bits per heavy atom. The second-order valence-electron chi connectivity index (χ2n) is 6.35. The average molecular weight is 377 g/mol. The van der Waals surface area contributed by atoms with Crippen LogP contribution in [0.25, 0.3) is 0 Å². The van der Waals surface area contributed by atoms with Crippen molar-refractivity contribution in [3.8, 4) is 0 Å². The van der Waals surface area contributed by atoms with Crippen LogP contribution in [0.5, 0.6) is 0 Å². The number of nitrogens with one attached hydrogen (secondary N) is 2. The molecule has 6 heteroatoms. The van der Waals surface area contributed by atoms with E-state index >= 15 is 0 Å². The Hall–Kier alpha value is -2.04. The molecule has 130 valence electrons. The predicted octanol–water partition coefficient (Wildman–Crippen LogP) is 4.82. The van der Waals surface area contributed by atoms with E-state index in [-0.39, 0.29) is 23.7 Å². The summed E-state index contributed by atoms with van der Waals surface area (Å²) in [6.45, 7) is 3.95. The SMILES string of the molecule is Cc1ccc(NC(=O)C2CC2C(=O)Nc2cccc(Cl)c2Cl)c(C)c1. The molecule has 1 saturated carbocycles. The minimum Gasteiger partial charge on any atom is -0.326 e. The highest BCUT2D eigenvalue weighted by Crippen LogP contribution is 2.41. The van der Waals surface area contributed by atoms with Gasteiger partial charge in [-0.2, -0.15) is 0 Å². The minimum atomic E-state index is -0.346. The van der Waals surface area contributed by atoms with E-state index in [1.54, 1.807) is 18.2 Å². The number of aryl methyl sites for hydroxylation is 2. The molecule has 1 aliphatic carbocycles. The zero-order valence-electron chi connectivity index (χ0n) is 13.9. The first-order valence-electron chi connectivity index (χ1n) is 8.00. The lowest BCUT2D eigenvalue weighted by Gasteiger charge is -2.10. The zero-order chi connectivity index (χ0) is 18.1. The molecule has 1 aliphatic rings. The number of hydrogen-bond donors (Lipinski definition) is 2. The van der Waals surface area contributed by atoms with Crippen LogP contribution in [-0.4, -0.2) is 11.8 Å². The largest absolute Gasteiger partial charge is 0.326 e. The molecule has 0 radical (unpaired) electrons. The molecule has 2 N–H and O–H groups in total. The molecule has 3 rings (SSSR count). The third-order valence-electron chi connectivity index (χ3n) is 4.31. The summed E-state index contributed by atoms with van der Waals surface area (Å²) >= 11 is 12.0. The van der Waals surface area contributed by atoms with Gasteiger partial charge in [-0.3, -0.25) is 9.59 Å². The lowest BCUT2D eigenvalue weighted by Crippen LogP contribution is -2.21. The first kappa shape index (κ1) is 17.8. The fourth-order valence-electron chi connectivity index (χ4n) is 2.78. The summed E-state index contributed by atoms with van der Waals surface area (Å²) in [7, 11) is 0. The first-order valence-corrected chi connectivity index (χ1v) is 8.75. The van der Waals surface area contributed by atoms with Gasteiger partial charge in [-0.15, -0.1) is 0 Å². The molecule has 2 aromatic carbocycles. The molecule has 2 atom stereocenters. The smallest absolute Gasteiger partial charge is 0.228 e. The molecule has 0 heterocycles. The summed E-state index contributed by atoms with van der Waals surface area (Å²) < 4.78 is 0. The van der Waals surface area contributed by atoms with Crippen molar-refractivity contribution < 1.29 is 9.59 Å². The maximum absolute atomic E-state index is 12.4. The molecule has 2 aromatic rings.